The molecule has 0 atom stereocenters. The Hall–Kier alpha value is -1.62. The third kappa shape index (κ3) is 3.70. The third-order valence-corrected chi connectivity index (χ3v) is 3.50. The monoisotopic (exact) mass is 279 g/mol. The zero-order chi connectivity index (χ0) is 14.7. The second-order valence-corrected chi connectivity index (χ2v) is 5.58. The van der Waals surface area contributed by atoms with Crippen LogP contribution in [0.25, 0.3) is 0 Å². The maximum Gasteiger partial charge on any atom is 0.236 e. The smallest absolute Gasteiger partial charge is 0.236 e. The number of carbonyl (C=O) groups excluding carboxylic acids is 1. The Labute approximate surface area is 119 Å². The fourth-order valence-corrected chi connectivity index (χ4v) is 2.24. The summed E-state index contributed by atoms with van der Waals surface area (Å²) in [4.78, 5) is 13.1. The summed E-state index contributed by atoms with van der Waals surface area (Å²) < 4.78 is 14.1. The van der Waals surface area contributed by atoms with Crippen molar-refractivity contribution >= 4 is 11.6 Å². The maximum absolute atomic E-state index is 14.1. The van der Waals surface area contributed by atoms with Crippen LogP contribution in [0, 0.1) is 5.82 Å². The van der Waals surface area contributed by atoms with Crippen LogP contribution in [0.5, 0.6) is 0 Å². The van der Waals surface area contributed by atoms with Crippen LogP contribution >= 0.6 is 0 Å². The molecular formula is C15H22FN3O. The Balaban J connectivity index is 2.26. The minimum absolute atomic E-state index is 0.0731. The maximum atomic E-state index is 14.1. The summed E-state index contributed by atoms with van der Waals surface area (Å²) in [5.41, 5.74) is 6.65. The van der Waals surface area contributed by atoms with Gasteiger partial charge in [-0.1, -0.05) is 6.07 Å². The highest BCUT2D eigenvalue weighted by Gasteiger charge is 2.23. The van der Waals surface area contributed by atoms with Crippen LogP contribution in [-0.2, 0) is 11.3 Å². The number of nitrogens with one attached hydrogen (secondary N) is 1. The number of carbonyl (C=O) groups is 1. The molecule has 0 unspecified atom stereocenters. The Bertz CT molecular complexity index is 486. The van der Waals surface area contributed by atoms with Gasteiger partial charge in [-0.25, -0.2) is 4.39 Å². The SMILES string of the molecule is CC(C)N(CC(N)=O)c1cccc(F)c1CNC1CC1. The van der Waals surface area contributed by atoms with Crippen molar-refractivity contribution < 1.29 is 9.18 Å². The van der Waals surface area contributed by atoms with E-state index in [9.17, 15) is 9.18 Å². The quantitative estimate of drug-likeness (QED) is 0.800. The number of rotatable bonds is 7. The molecule has 0 bridgehead atoms. The van der Waals surface area contributed by atoms with Gasteiger partial charge in [0.1, 0.15) is 5.82 Å². The zero-order valence-corrected chi connectivity index (χ0v) is 12.0. The van der Waals surface area contributed by atoms with Crippen molar-refractivity contribution in [3.05, 3.63) is 29.6 Å². The summed E-state index contributed by atoms with van der Waals surface area (Å²) in [6, 6.07) is 5.54. The topological polar surface area (TPSA) is 58.4 Å². The molecule has 0 spiro atoms. The predicted molar refractivity (Wildman–Crippen MR) is 77.9 cm³/mol. The average Bonchev–Trinajstić information content (AvgIpc) is 3.18. The number of nitrogens with two attached hydrogens (primary N) is 1. The van der Waals surface area contributed by atoms with Gasteiger partial charge in [-0.3, -0.25) is 4.79 Å². The fourth-order valence-electron chi connectivity index (χ4n) is 2.24. The van der Waals surface area contributed by atoms with Crippen molar-refractivity contribution in [2.75, 3.05) is 11.4 Å². The van der Waals surface area contributed by atoms with Crippen LogP contribution in [0.3, 0.4) is 0 Å². The number of hydrogen-bond donors (Lipinski definition) is 2. The van der Waals surface area contributed by atoms with Crippen molar-refractivity contribution in [2.24, 2.45) is 5.73 Å². The highest BCUT2D eigenvalue weighted by Crippen LogP contribution is 2.27. The van der Waals surface area contributed by atoms with E-state index in [0.717, 1.165) is 18.5 Å². The lowest BCUT2D eigenvalue weighted by Gasteiger charge is -2.30. The molecule has 0 aromatic heterocycles. The summed E-state index contributed by atoms with van der Waals surface area (Å²) >= 11 is 0. The van der Waals surface area contributed by atoms with Crippen molar-refractivity contribution in [2.45, 2.75) is 45.3 Å². The van der Waals surface area contributed by atoms with Crippen LogP contribution < -0.4 is 16.0 Å². The van der Waals surface area contributed by atoms with Gasteiger partial charge in [0, 0.05) is 29.9 Å². The molecule has 2 rings (SSSR count). The first kappa shape index (κ1) is 14.8. The predicted octanol–water partition coefficient (Wildman–Crippen LogP) is 1.78. The van der Waals surface area contributed by atoms with Gasteiger partial charge >= 0.3 is 0 Å². The number of primary amides is 1. The first-order valence-electron chi connectivity index (χ1n) is 7.04. The molecule has 0 saturated heterocycles. The second kappa shape index (κ2) is 6.22. The van der Waals surface area contributed by atoms with Crippen LogP contribution in [-0.4, -0.2) is 24.5 Å². The summed E-state index contributed by atoms with van der Waals surface area (Å²) in [6.45, 7) is 4.50. The molecule has 1 aromatic rings. The molecule has 3 N–H and O–H groups in total. The first-order valence-corrected chi connectivity index (χ1v) is 7.04. The van der Waals surface area contributed by atoms with E-state index >= 15 is 0 Å². The van der Waals surface area contributed by atoms with Gasteiger partial charge in [0.2, 0.25) is 5.91 Å². The number of amides is 1. The van der Waals surface area contributed by atoms with E-state index in [4.69, 9.17) is 5.73 Å². The van der Waals surface area contributed by atoms with Gasteiger partial charge in [0.05, 0.1) is 6.54 Å². The number of anilines is 1. The van der Waals surface area contributed by atoms with Crippen molar-refractivity contribution in [1.29, 1.82) is 0 Å². The standard InChI is InChI=1S/C15H22FN3O/c1-10(2)19(9-15(17)20)14-5-3-4-13(16)12(14)8-18-11-6-7-11/h3-5,10-11,18H,6-9H2,1-2H3,(H2,17,20). The van der Waals surface area contributed by atoms with Crippen LogP contribution in [0.4, 0.5) is 10.1 Å². The fraction of sp³-hybridized carbons (Fsp3) is 0.533. The first-order chi connectivity index (χ1) is 9.49. The second-order valence-electron chi connectivity index (χ2n) is 5.58. The molecule has 1 aromatic carbocycles. The summed E-state index contributed by atoms with van der Waals surface area (Å²) in [5, 5.41) is 3.32. The van der Waals surface area contributed by atoms with Gasteiger partial charge in [-0.2, -0.15) is 0 Å². The minimum Gasteiger partial charge on any atom is -0.368 e. The molecule has 110 valence electrons. The van der Waals surface area contributed by atoms with Crippen molar-refractivity contribution in [1.82, 2.24) is 5.32 Å². The highest BCUT2D eigenvalue weighted by atomic mass is 19.1. The van der Waals surface area contributed by atoms with E-state index in [0.29, 0.717) is 18.2 Å². The molecule has 20 heavy (non-hydrogen) atoms. The van der Waals surface area contributed by atoms with E-state index in [2.05, 4.69) is 5.32 Å². The highest BCUT2D eigenvalue weighted by molar-refractivity contribution is 5.80. The summed E-state index contributed by atoms with van der Waals surface area (Å²) in [5.74, 6) is -0.658. The molecule has 1 fully saturated rings. The number of nitrogens with zero attached hydrogens (tertiary/aromatic N) is 1. The number of hydrogen-bond acceptors (Lipinski definition) is 3. The molecule has 4 nitrogen and oxygen atoms in total. The summed E-state index contributed by atoms with van der Waals surface area (Å²) in [6.07, 6.45) is 2.30. The molecule has 0 radical (unpaired) electrons. The lowest BCUT2D eigenvalue weighted by atomic mass is 10.1. The molecule has 1 saturated carbocycles. The van der Waals surface area contributed by atoms with Gasteiger partial charge in [0.25, 0.3) is 0 Å². The van der Waals surface area contributed by atoms with E-state index in [1.165, 1.54) is 6.07 Å². The average molecular weight is 279 g/mol. The molecule has 5 heteroatoms. The normalized spacial score (nSPS) is 14.6. The summed E-state index contributed by atoms with van der Waals surface area (Å²) in [7, 11) is 0. The number of halogens is 1. The van der Waals surface area contributed by atoms with E-state index in [1.807, 2.05) is 24.8 Å². The van der Waals surface area contributed by atoms with Gasteiger partial charge in [-0.15, -0.1) is 0 Å². The molecule has 0 aliphatic heterocycles. The van der Waals surface area contributed by atoms with E-state index < -0.39 is 5.91 Å². The zero-order valence-electron chi connectivity index (χ0n) is 12.0. The van der Waals surface area contributed by atoms with Crippen molar-refractivity contribution in [3.63, 3.8) is 0 Å². The largest absolute Gasteiger partial charge is 0.368 e. The Morgan fingerprint density at radius 2 is 2.20 bits per heavy atom. The Morgan fingerprint density at radius 1 is 1.50 bits per heavy atom. The van der Waals surface area contributed by atoms with Gasteiger partial charge in [-0.05, 0) is 38.8 Å². The van der Waals surface area contributed by atoms with E-state index in [1.54, 1.807) is 6.07 Å². The van der Waals surface area contributed by atoms with Crippen LogP contribution in [0.2, 0.25) is 0 Å². The Morgan fingerprint density at radius 3 is 2.75 bits per heavy atom. The molecule has 0 heterocycles. The Kier molecular flexibility index (Phi) is 4.60. The molecule has 1 aliphatic carbocycles. The van der Waals surface area contributed by atoms with Crippen molar-refractivity contribution in [3.8, 4) is 0 Å². The molecule has 1 aliphatic rings. The van der Waals surface area contributed by atoms with Crippen LogP contribution in [0.15, 0.2) is 18.2 Å². The van der Waals surface area contributed by atoms with Crippen LogP contribution in [0.1, 0.15) is 32.3 Å². The minimum atomic E-state index is -0.413. The van der Waals surface area contributed by atoms with Gasteiger partial charge in [0.15, 0.2) is 0 Å². The number of benzene rings is 1. The molecular weight excluding hydrogens is 257 g/mol. The third-order valence-electron chi connectivity index (χ3n) is 3.50. The van der Waals surface area contributed by atoms with Gasteiger partial charge < -0.3 is 16.0 Å². The van der Waals surface area contributed by atoms with E-state index in [-0.39, 0.29) is 18.4 Å². The lowest BCUT2D eigenvalue weighted by Crippen LogP contribution is -2.39. The lowest BCUT2D eigenvalue weighted by molar-refractivity contribution is -0.116. The molecule has 1 amide bonds.